The molecule has 230 valence electrons. The van der Waals surface area contributed by atoms with Gasteiger partial charge < -0.3 is 0 Å². The van der Waals surface area contributed by atoms with Crippen molar-refractivity contribution in [2.45, 2.75) is 0 Å². The van der Waals surface area contributed by atoms with Crippen molar-refractivity contribution < 1.29 is 0 Å². The summed E-state index contributed by atoms with van der Waals surface area (Å²) >= 11 is 1.84. The molecule has 0 aliphatic carbocycles. The van der Waals surface area contributed by atoms with Crippen LogP contribution in [0.1, 0.15) is 0 Å². The monoisotopic (exact) mass is 643 g/mol. The molecule has 2 heterocycles. The molecule has 0 aliphatic rings. The van der Waals surface area contributed by atoms with E-state index in [1.54, 1.807) is 0 Å². The van der Waals surface area contributed by atoms with Gasteiger partial charge in [0.25, 0.3) is 0 Å². The number of fused-ring (bicyclic) bond motifs is 3. The van der Waals surface area contributed by atoms with Gasteiger partial charge in [0, 0.05) is 36.9 Å². The number of benzene rings is 7. The number of hydrogen-bond donors (Lipinski definition) is 0. The molecular formula is C45H29N3S. The van der Waals surface area contributed by atoms with Gasteiger partial charge in [-0.25, -0.2) is 15.0 Å². The van der Waals surface area contributed by atoms with Gasteiger partial charge in [0.1, 0.15) is 0 Å². The Kier molecular flexibility index (Phi) is 7.34. The molecule has 4 heteroatoms. The molecule has 0 fully saturated rings. The molecule has 49 heavy (non-hydrogen) atoms. The van der Waals surface area contributed by atoms with Gasteiger partial charge in [-0.2, -0.15) is 0 Å². The molecule has 9 aromatic rings. The molecule has 0 aliphatic heterocycles. The van der Waals surface area contributed by atoms with Gasteiger partial charge in [-0.3, -0.25) is 0 Å². The SMILES string of the molecule is c1ccc(-c2ccc(-c3ccc(-c4nc(-c5ccccc5)nc(-c5ccc(-c6ccc7sc8ccccc8c7c6)cc5)n4)cc3)cc2)cc1. The maximum absolute atomic E-state index is 5.00. The normalized spacial score (nSPS) is 11.3. The maximum Gasteiger partial charge on any atom is 0.164 e. The molecular weight excluding hydrogens is 615 g/mol. The molecule has 2 aromatic heterocycles. The average molecular weight is 644 g/mol. The molecule has 0 amide bonds. The van der Waals surface area contributed by atoms with E-state index in [-0.39, 0.29) is 0 Å². The van der Waals surface area contributed by atoms with Crippen LogP contribution in [0.3, 0.4) is 0 Å². The van der Waals surface area contributed by atoms with Crippen LogP contribution in [0.2, 0.25) is 0 Å². The third-order valence-corrected chi connectivity index (χ3v) is 10.1. The van der Waals surface area contributed by atoms with E-state index in [0.717, 1.165) is 27.8 Å². The second kappa shape index (κ2) is 12.4. The number of thiophene rings is 1. The van der Waals surface area contributed by atoms with Crippen molar-refractivity contribution in [3.8, 4) is 67.5 Å². The highest BCUT2D eigenvalue weighted by molar-refractivity contribution is 7.25. The zero-order valence-electron chi connectivity index (χ0n) is 26.5. The van der Waals surface area contributed by atoms with Crippen LogP contribution in [-0.2, 0) is 0 Å². The van der Waals surface area contributed by atoms with Crippen molar-refractivity contribution in [2.75, 3.05) is 0 Å². The minimum atomic E-state index is 0.647. The van der Waals surface area contributed by atoms with Gasteiger partial charge in [-0.15, -0.1) is 11.3 Å². The first-order chi connectivity index (χ1) is 24.2. The highest BCUT2D eigenvalue weighted by Gasteiger charge is 2.13. The van der Waals surface area contributed by atoms with Crippen LogP contribution in [0.5, 0.6) is 0 Å². The largest absolute Gasteiger partial charge is 0.208 e. The van der Waals surface area contributed by atoms with Crippen LogP contribution >= 0.6 is 11.3 Å². The van der Waals surface area contributed by atoms with Crippen molar-refractivity contribution in [2.24, 2.45) is 0 Å². The Hall–Kier alpha value is -6.23. The Morgan fingerprint density at radius 3 is 1.14 bits per heavy atom. The van der Waals surface area contributed by atoms with Crippen molar-refractivity contribution in [1.82, 2.24) is 15.0 Å². The summed E-state index contributed by atoms with van der Waals surface area (Å²) in [6, 6.07) is 61.7. The van der Waals surface area contributed by atoms with E-state index in [2.05, 4.69) is 140 Å². The Bertz CT molecular complexity index is 2560. The van der Waals surface area contributed by atoms with Crippen LogP contribution in [0.25, 0.3) is 87.7 Å². The van der Waals surface area contributed by atoms with Gasteiger partial charge in [0.2, 0.25) is 0 Å². The summed E-state index contributed by atoms with van der Waals surface area (Å²) in [6.45, 7) is 0. The first-order valence-corrected chi connectivity index (χ1v) is 17.2. The summed E-state index contributed by atoms with van der Waals surface area (Å²) in [5.41, 5.74) is 9.93. The van der Waals surface area contributed by atoms with Gasteiger partial charge >= 0.3 is 0 Å². The van der Waals surface area contributed by atoms with Crippen molar-refractivity contribution in [3.63, 3.8) is 0 Å². The van der Waals surface area contributed by atoms with Gasteiger partial charge in [-0.1, -0.05) is 158 Å². The molecule has 9 rings (SSSR count). The molecule has 0 saturated carbocycles. The van der Waals surface area contributed by atoms with Crippen molar-refractivity contribution in [1.29, 1.82) is 0 Å². The minimum absolute atomic E-state index is 0.647. The molecule has 0 unspecified atom stereocenters. The summed E-state index contributed by atoms with van der Waals surface area (Å²) < 4.78 is 2.62. The molecule has 7 aromatic carbocycles. The summed E-state index contributed by atoms with van der Waals surface area (Å²) in [4.78, 5) is 14.9. The summed E-state index contributed by atoms with van der Waals surface area (Å²) in [5.74, 6) is 1.95. The highest BCUT2D eigenvalue weighted by atomic mass is 32.1. The Labute approximate surface area is 288 Å². The first-order valence-electron chi connectivity index (χ1n) is 16.4. The van der Waals surface area contributed by atoms with Crippen LogP contribution in [-0.4, -0.2) is 15.0 Å². The zero-order valence-corrected chi connectivity index (χ0v) is 27.3. The number of hydrogen-bond acceptors (Lipinski definition) is 4. The van der Waals surface area contributed by atoms with Gasteiger partial charge in [0.05, 0.1) is 0 Å². The second-order valence-electron chi connectivity index (χ2n) is 12.1. The number of aromatic nitrogens is 3. The van der Waals surface area contributed by atoms with Crippen molar-refractivity contribution in [3.05, 3.63) is 176 Å². The Morgan fingerprint density at radius 1 is 0.265 bits per heavy atom. The lowest BCUT2D eigenvalue weighted by atomic mass is 9.99. The average Bonchev–Trinajstić information content (AvgIpc) is 3.57. The molecule has 0 radical (unpaired) electrons. The quantitative estimate of drug-likeness (QED) is 0.181. The molecule has 0 atom stereocenters. The molecule has 3 nitrogen and oxygen atoms in total. The van der Waals surface area contributed by atoms with E-state index in [1.807, 2.05) is 47.7 Å². The lowest BCUT2D eigenvalue weighted by molar-refractivity contribution is 1.07. The standard InChI is InChI=1S/C45H29N3S/c1-3-9-30(10-4-1)31-15-17-32(18-16-31)33-19-23-36(24-20-33)44-46-43(35-11-5-2-6-12-35)47-45(48-44)37-25-21-34(22-26-37)38-27-28-42-40(29-38)39-13-7-8-14-41(39)49-42/h1-29H. The second-order valence-corrected chi connectivity index (χ2v) is 13.2. The fourth-order valence-electron chi connectivity index (χ4n) is 6.37. The van der Waals surface area contributed by atoms with E-state index in [4.69, 9.17) is 15.0 Å². The van der Waals surface area contributed by atoms with Crippen LogP contribution in [0, 0.1) is 0 Å². The molecule has 0 bridgehead atoms. The number of rotatable bonds is 6. The highest BCUT2D eigenvalue weighted by Crippen LogP contribution is 2.37. The third kappa shape index (κ3) is 5.69. The topological polar surface area (TPSA) is 38.7 Å². The van der Waals surface area contributed by atoms with Gasteiger partial charge in [0.15, 0.2) is 17.5 Å². The lowest BCUT2D eigenvalue weighted by Gasteiger charge is -2.10. The lowest BCUT2D eigenvalue weighted by Crippen LogP contribution is -2.00. The molecule has 0 saturated heterocycles. The summed E-state index contributed by atoms with van der Waals surface area (Å²) in [6.07, 6.45) is 0. The van der Waals surface area contributed by atoms with Crippen LogP contribution < -0.4 is 0 Å². The van der Waals surface area contributed by atoms with E-state index in [1.165, 1.54) is 42.4 Å². The fraction of sp³-hybridized carbons (Fsp3) is 0. The predicted molar refractivity (Wildman–Crippen MR) is 205 cm³/mol. The first kappa shape index (κ1) is 29.0. The van der Waals surface area contributed by atoms with E-state index in [0.29, 0.717) is 17.5 Å². The van der Waals surface area contributed by atoms with Crippen molar-refractivity contribution >= 4 is 31.5 Å². The summed E-state index contributed by atoms with van der Waals surface area (Å²) in [7, 11) is 0. The predicted octanol–water partition coefficient (Wildman–Crippen LogP) is 12.2. The number of nitrogens with zero attached hydrogens (tertiary/aromatic N) is 3. The molecule has 0 N–H and O–H groups in total. The van der Waals surface area contributed by atoms with Gasteiger partial charge in [-0.05, 0) is 51.6 Å². The zero-order chi connectivity index (χ0) is 32.6. The van der Waals surface area contributed by atoms with E-state index in [9.17, 15) is 0 Å². The minimum Gasteiger partial charge on any atom is -0.208 e. The third-order valence-electron chi connectivity index (χ3n) is 8.99. The fourth-order valence-corrected chi connectivity index (χ4v) is 7.45. The van der Waals surface area contributed by atoms with Crippen LogP contribution in [0.4, 0.5) is 0 Å². The van der Waals surface area contributed by atoms with E-state index >= 15 is 0 Å². The Morgan fingerprint density at radius 2 is 0.612 bits per heavy atom. The van der Waals surface area contributed by atoms with Crippen LogP contribution in [0.15, 0.2) is 176 Å². The Balaban J connectivity index is 1.04. The maximum atomic E-state index is 5.00. The molecule has 0 spiro atoms. The summed E-state index contributed by atoms with van der Waals surface area (Å²) in [5, 5.41) is 2.60. The van der Waals surface area contributed by atoms with E-state index < -0.39 is 0 Å². The smallest absolute Gasteiger partial charge is 0.164 e.